The Bertz CT molecular complexity index is 1650. The Morgan fingerprint density at radius 3 is 2.38 bits per heavy atom. The third-order valence-corrected chi connectivity index (χ3v) is 6.14. The molecule has 6 aromatic rings. The number of benzene rings is 3. The first-order valence-electron chi connectivity index (χ1n) is 11.3. The molecule has 6 rings (SSSR count). The Balaban J connectivity index is 1.49. The maximum absolute atomic E-state index is 6.01. The maximum Gasteiger partial charge on any atom is 0.219 e. The van der Waals surface area contributed by atoms with Crippen molar-refractivity contribution >= 4 is 21.8 Å². The van der Waals surface area contributed by atoms with Gasteiger partial charge < -0.3 is 4.74 Å². The first kappa shape index (κ1) is 20.2. The van der Waals surface area contributed by atoms with Gasteiger partial charge in [-0.1, -0.05) is 54.6 Å². The van der Waals surface area contributed by atoms with Crippen molar-refractivity contribution in [2.24, 2.45) is 0 Å². The van der Waals surface area contributed by atoms with Crippen molar-refractivity contribution in [2.45, 2.75) is 13.8 Å². The third kappa shape index (κ3) is 3.50. The molecular weight excluding hydrogens is 418 g/mol. The number of aromatic nitrogens is 3. The van der Waals surface area contributed by atoms with E-state index in [1.54, 1.807) is 0 Å². The zero-order chi connectivity index (χ0) is 23.1. The van der Waals surface area contributed by atoms with Crippen LogP contribution in [-0.2, 0) is 0 Å². The molecule has 3 aromatic heterocycles. The summed E-state index contributed by atoms with van der Waals surface area (Å²) < 4.78 is 8.28. The van der Waals surface area contributed by atoms with Gasteiger partial charge in [-0.2, -0.15) is 0 Å². The molecule has 0 bridgehead atoms. The van der Waals surface area contributed by atoms with Gasteiger partial charge in [0.1, 0.15) is 11.6 Å². The number of para-hydroxylation sites is 1. The lowest BCUT2D eigenvalue weighted by atomic mass is 10.0. The highest BCUT2D eigenvalue weighted by Gasteiger charge is 2.15. The van der Waals surface area contributed by atoms with Gasteiger partial charge in [-0.3, -0.25) is 4.57 Å². The van der Waals surface area contributed by atoms with E-state index in [0.29, 0.717) is 5.88 Å². The van der Waals surface area contributed by atoms with Crippen LogP contribution in [0.2, 0.25) is 0 Å². The predicted octanol–water partition coefficient (Wildman–Crippen LogP) is 7.65. The molecule has 0 saturated carbocycles. The van der Waals surface area contributed by atoms with Crippen molar-refractivity contribution in [1.29, 1.82) is 0 Å². The van der Waals surface area contributed by atoms with Crippen LogP contribution in [0.4, 0.5) is 0 Å². The molecule has 164 valence electrons. The lowest BCUT2D eigenvalue weighted by Crippen LogP contribution is -1.99. The molecule has 34 heavy (non-hydrogen) atoms. The van der Waals surface area contributed by atoms with Gasteiger partial charge in [-0.15, -0.1) is 0 Å². The highest BCUT2D eigenvalue weighted by atomic mass is 16.5. The fourth-order valence-electron chi connectivity index (χ4n) is 4.46. The molecule has 3 aromatic carbocycles. The van der Waals surface area contributed by atoms with E-state index >= 15 is 0 Å². The van der Waals surface area contributed by atoms with Crippen LogP contribution in [0.5, 0.6) is 11.6 Å². The second-order valence-corrected chi connectivity index (χ2v) is 8.53. The van der Waals surface area contributed by atoms with Crippen LogP contribution in [0, 0.1) is 13.8 Å². The minimum Gasteiger partial charge on any atom is -0.439 e. The van der Waals surface area contributed by atoms with E-state index in [0.717, 1.165) is 44.9 Å². The van der Waals surface area contributed by atoms with E-state index in [4.69, 9.17) is 9.72 Å². The van der Waals surface area contributed by atoms with E-state index < -0.39 is 0 Å². The molecule has 4 nitrogen and oxygen atoms in total. The lowest BCUT2D eigenvalue weighted by Gasteiger charge is -2.11. The number of hydrogen-bond acceptors (Lipinski definition) is 3. The van der Waals surface area contributed by atoms with Crippen LogP contribution < -0.4 is 4.74 Å². The van der Waals surface area contributed by atoms with Gasteiger partial charge in [0.25, 0.3) is 0 Å². The van der Waals surface area contributed by atoms with Crippen molar-refractivity contribution < 1.29 is 4.74 Å². The molecule has 0 unspecified atom stereocenters. The Labute approximate surface area is 198 Å². The molecule has 0 N–H and O–H groups in total. The van der Waals surface area contributed by atoms with Gasteiger partial charge >= 0.3 is 0 Å². The summed E-state index contributed by atoms with van der Waals surface area (Å²) in [6.45, 7) is 4.12. The number of hydrogen-bond donors (Lipinski definition) is 0. The average molecular weight is 442 g/mol. The molecule has 0 saturated heterocycles. The Morgan fingerprint density at radius 2 is 1.53 bits per heavy atom. The zero-order valence-corrected chi connectivity index (χ0v) is 19.1. The number of ether oxygens (including phenoxy) is 1. The van der Waals surface area contributed by atoms with Crippen molar-refractivity contribution in [3.8, 4) is 28.6 Å². The van der Waals surface area contributed by atoms with Crippen LogP contribution in [0.1, 0.15) is 11.1 Å². The number of fused-ring (bicyclic) bond motifs is 3. The summed E-state index contributed by atoms with van der Waals surface area (Å²) >= 11 is 0. The van der Waals surface area contributed by atoms with Crippen molar-refractivity contribution in [3.05, 3.63) is 115 Å². The monoisotopic (exact) mass is 441 g/mol. The molecule has 0 fully saturated rings. The predicted molar refractivity (Wildman–Crippen MR) is 138 cm³/mol. The third-order valence-electron chi connectivity index (χ3n) is 6.14. The normalized spacial score (nSPS) is 11.2. The van der Waals surface area contributed by atoms with Gasteiger partial charge in [0.15, 0.2) is 0 Å². The molecule has 3 heterocycles. The Morgan fingerprint density at radius 1 is 0.676 bits per heavy atom. The van der Waals surface area contributed by atoms with Crippen LogP contribution in [0.15, 0.2) is 103 Å². The fraction of sp³-hybridized carbons (Fsp3) is 0.0667. The molecule has 0 amide bonds. The second-order valence-electron chi connectivity index (χ2n) is 8.53. The van der Waals surface area contributed by atoms with Crippen molar-refractivity contribution in [1.82, 2.24) is 14.5 Å². The highest BCUT2D eigenvalue weighted by Crippen LogP contribution is 2.35. The number of nitrogens with zero attached hydrogens (tertiary/aromatic N) is 3. The number of pyridine rings is 2. The van der Waals surface area contributed by atoms with E-state index in [-0.39, 0.29) is 0 Å². The minimum absolute atomic E-state index is 0.587. The first-order valence-corrected chi connectivity index (χ1v) is 11.3. The maximum atomic E-state index is 6.01. The van der Waals surface area contributed by atoms with Crippen LogP contribution >= 0.6 is 0 Å². The summed E-state index contributed by atoms with van der Waals surface area (Å²) in [6, 6.07) is 31.2. The van der Waals surface area contributed by atoms with Crippen molar-refractivity contribution in [2.75, 3.05) is 0 Å². The molecule has 0 aliphatic rings. The number of rotatable bonds is 4. The summed E-state index contributed by atoms with van der Waals surface area (Å²) in [5.41, 5.74) is 6.73. The molecule has 0 radical (unpaired) electrons. The smallest absolute Gasteiger partial charge is 0.219 e. The topological polar surface area (TPSA) is 39.9 Å². The van der Waals surface area contributed by atoms with Gasteiger partial charge in [0.05, 0.1) is 11.0 Å². The highest BCUT2D eigenvalue weighted by molar-refractivity contribution is 6.10. The lowest BCUT2D eigenvalue weighted by molar-refractivity contribution is 0.463. The summed E-state index contributed by atoms with van der Waals surface area (Å²) in [7, 11) is 0. The molecule has 0 aliphatic carbocycles. The standard InChI is InChI=1S/C30H23N3O/c1-20-12-15-29(32-19-20)34-24-9-5-8-22(17-24)23-13-14-26-25-10-3-4-11-27(25)33(28(26)18-23)30-21(2)7-6-16-31-30/h3-19H,1-2H3. The number of aryl methyl sites for hydroxylation is 2. The molecule has 0 spiro atoms. The largest absolute Gasteiger partial charge is 0.439 e. The summed E-state index contributed by atoms with van der Waals surface area (Å²) in [6.07, 6.45) is 3.66. The average Bonchev–Trinajstić information content (AvgIpc) is 3.19. The van der Waals surface area contributed by atoms with Crippen LogP contribution in [0.25, 0.3) is 38.8 Å². The summed E-state index contributed by atoms with van der Waals surface area (Å²) in [5, 5.41) is 2.43. The first-order chi connectivity index (χ1) is 16.7. The SMILES string of the molecule is Cc1ccc(Oc2cccc(-c3ccc4c5ccccc5n(-c5ncccc5C)c4c3)c2)nc1. The fourth-order valence-corrected chi connectivity index (χ4v) is 4.46. The van der Waals surface area contributed by atoms with E-state index in [1.165, 1.54) is 10.8 Å². The van der Waals surface area contributed by atoms with Gasteiger partial charge in [0, 0.05) is 29.2 Å². The minimum atomic E-state index is 0.587. The molecular formula is C30H23N3O. The van der Waals surface area contributed by atoms with Gasteiger partial charge in [0.2, 0.25) is 5.88 Å². The van der Waals surface area contributed by atoms with Crippen molar-refractivity contribution in [3.63, 3.8) is 0 Å². The second kappa shape index (κ2) is 8.16. The molecule has 4 heteroatoms. The quantitative estimate of drug-likeness (QED) is 0.282. The summed E-state index contributed by atoms with van der Waals surface area (Å²) in [5.74, 6) is 2.30. The zero-order valence-electron chi connectivity index (χ0n) is 19.1. The van der Waals surface area contributed by atoms with Gasteiger partial charge in [-0.05, 0) is 66.4 Å². The molecule has 0 aliphatic heterocycles. The van der Waals surface area contributed by atoms with Crippen LogP contribution in [-0.4, -0.2) is 14.5 Å². The Hall–Kier alpha value is -4.44. The van der Waals surface area contributed by atoms with Crippen LogP contribution in [0.3, 0.4) is 0 Å². The molecule has 0 atom stereocenters. The Kier molecular flexibility index (Phi) is 4.84. The summed E-state index contributed by atoms with van der Waals surface area (Å²) in [4.78, 5) is 9.09. The van der Waals surface area contributed by atoms with Gasteiger partial charge in [-0.25, -0.2) is 9.97 Å². The van der Waals surface area contributed by atoms with E-state index in [2.05, 4.69) is 77.1 Å². The van der Waals surface area contributed by atoms with E-state index in [9.17, 15) is 0 Å². The van der Waals surface area contributed by atoms with E-state index in [1.807, 2.05) is 49.6 Å².